The molecule has 1 amide bonds. The lowest BCUT2D eigenvalue weighted by Gasteiger charge is -2.06. The largest absolute Gasteiger partial charge is 0.493 e. The molecule has 2 heterocycles. The maximum absolute atomic E-state index is 11.8. The molecule has 1 aliphatic rings. The first-order valence-electron chi connectivity index (χ1n) is 6.90. The summed E-state index contributed by atoms with van der Waals surface area (Å²) in [5.41, 5.74) is 8.61. The maximum atomic E-state index is 11.8. The number of rotatable bonds is 4. The molecule has 6 heteroatoms. The molecule has 3 N–H and O–H groups in total. The standard InChI is InChI=1S/C15H17N3O2S/c1-9(7-16)14(19)18-15-17-12(8-21-15)10-2-3-13-11(6-10)4-5-20-13/h2-3,6,8-9H,4-5,7,16H2,1H3,(H,17,18,19). The molecular weight excluding hydrogens is 286 g/mol. The number of fused-ring (bicyclic) bond motifs is 1. The summed E-state index contributed by atoms with van der Waals surface area (Å²) in [6.45, 7) is 2.87. The van der Waals surface area contributed by atoms with Crippen molar-refractivity contribution in [1.29, 1.82) is 0 Å². The van der Waals surface area contributed by atoms with Gasteiger partial charge in [0.1, 0.15) is 5.75 Å². The number of hydrogen-bond acceptors (Lipinski definition) is 5. The summed E-state index contributed by atoms with van der Waals surface area (Å²) >= 11 is 1.42. The molecule has 0 bridgehead atoms. The molecule has 110 valence electrons. The minimum absolute atomic E-state index is 0.0965. The Morgan fingerprint density at radius 2 is 2.43 bits per heavy atom. The highest BCUT2D eigenvalue weighted by Crippen LogP contribution is 2.31. The Hall–Kier alpha value is -1.92. The molecule has 1 aliphatic heterocycles. The Morgan fingerprint density at radius 3 is 3.24 bits per heavy atom. The second kappa shape index (κ2) is 5.83. The monoisotopic (exact) mass is 303 g/mol. The van der Waals surface area contributed by atoms with Crippen molar-refractivity contribution in [2.75, 3.05) is 18.5 Å². The van der Waals surface area contributed by atoms with E-state index < -0.39 is 0 Å². The van der Waals surface area contributed by atoms with Crippen LogP contribution in [0.2, 0.25) is 0 Å². The molecule has 0 fully saturated rings. The molecule has 0 saturated heterocycles. The van der Waals surface area contributed by atoms with Crippen LogP contribution in [0.4, 0.5) is 5.13 Å². The molecule has 1 aromatic heterocycles. The highest BCUT2D eigenvalue weighted by Gasteiger charge is 2.15. The molecule has 3 rings (SSSR count). The molecule has 0 spiro atoms. The van der Waals surface area contributed by atoms with Gasteiger partial charge in [-0.2, -0.15) is 0 Å². The Balaban J connectivity index is 1.77. The van der Waals surface area contributed by atoms with Crippen molar-refractivity contribution >= 4 is 22.4 Å². The topological polar surface area (TPSA) is 77.2 Å². The van der Waals surface area contributed by atoms with E-state index in [1.807, 2.05) is 17.5 Å². The first-order chi connectivity index (χ1) is 10.2. The van der Waals surface area contributed by atoms with Crippen molar-refractivity contribution < 1.29 is 9.53 Å². The average Bonchev–Trinajstić information content (AvgIpc) is 3.14. The van der Waals surface area contributed by atoms with Crippen LogP contribution in [0.25, 0.3) is 11.3 Å². The predicted octanol–water partition coefficient (Wildman–Crippen LogP) is 2.28. The molecule has 0 radical (unpaired) electrons. The Bertz CT molecular complexity index is 669. The van der Waals surface area contributed by atoms with E-state index in [-0.39, 0.29) is 11.8 Å². The fraction of sp³-hybridized carbons (Fsp3) is 0.333. The van der Waals surface area contributed by atoms with Crippen molar-refractivity contribution in [3.05, 3.63) is 29.1 Å². The number of amides is 1. The van der Waals surface area contributed by atoms with Gasteiger partial charge in [-0.05, 0) is 23.8 Å². The second-order valence-corrected chi connectivity index (χ2v) is 5.94. The lowest BCUT2D eigenvalue weighted by molar-refractivity contribution is -0.119. The number of ether oxygens (including phenoxy) is 1. The van der Waals surface area contributed by atoms with Gasteiger partial charge in [0.05, 0.1) is 12.3 Å². The van der Waals surface area contributed by atoms with E-state index >= 15 is 0 Å². The zero-order valence-electron chi connectivity index (χ0n) is 11.8. The third kappa shape index (κ3) is 2.91. The SMILES string of the molecule is CC(CN)C(=O)Nc1nc(-c2ccc3c(c2)CCO3)cs1. The Kier molecular flexibility index (Phi) is 3.90. The van der Waals surface area contributed by atoms with Gasteiger partial charge in [-0.15, -0.1) is 11.3 Å². The first kappa shape index (κ1) is 14.0. The molecule has 0 aliphatic carbocycles. The zero-order chi connectivity index (χ0) is 14.8. The second-order valence-electron chi connectivity index (χ2n) is 5.08. The third-order valence-corrected chi connectivity index (χ3v) is 4.28. The van der Waals surface area contributed by atoms with E-state index in [4.69, 9.17) is 10.5 Å². The van der Waals surface area contributed by atoms with Crippen molar-refractivity contribution in [3.63, 3.8) is 0 Å². The van der Waals surface area contributed by atoms with Crippen molar-refractivity contribution in [2.45, 2.75) is 13.3 Å². The molecule has 21 heavy (non-hydrogen) atoms. The summed E-state index contributed by atoms with van der Waals surface area (Å²) in [5, 5.41) is 5.35. The number of nitrogens with zero attached hydrogens (tertiary/aromatic N) is 1. The first-order valence-corrected chi connectivity index (χ1v) is 7.78. The average molecular weight is 303 g/mol. The quantitative estimate of drug-likeness (QED) is 0.908. The summed E-state index contributed by atoms with van der Waals surface area (Å²) in [5.74, 6) is 0.648. The van der Waals surface area contributed by atoms with Gasteiger partial charge < -0.3 is 15.8 Å². The molecule has 1 unspecified atom stereocenters. The van der Waals surface area contributed by atoms with Gasteiger partial charge in [-0.25, -0.2) is 4.98 Å². The number of anilines is 1. The lowest BCUT2D eigenvalue weighted by Crippen LogP contribution is -2.26. The van der Waals surface area contributed by atoms with Crippen LogP contribution in [0.5, 0.6) is 5.75 Å². The maximum Gasteiger partial charge on any atom is 0.230 e. The van der Waals surface area contributed by atoms with Crippen LogP contribution < -0.4 is 15.8 Å². The number of nitrogens with one attached hydrogen (secondary N) is 1. The van der Waals surface area contributed by atoms with Crippen LogP contribution in [-0.2, 0) is 11.2 Å². The van der Waals surface area contributed by atoms with Crippen molar-refractivity contribution in [1.82, 2.24) is 4.98 Å². The molecule has 1 aromatic carbocycles. The van der Waals surface area contributed by atoms with Gasteiger partial charge >= 0.3 is 0 Å². The molecule has 1 atom stereocenters. The number of aromatic nitrogens is 1. The molecule has 2 aromatic rings. The highest BCUT2D eigenvalue weighted by molar-refractivity contribution is 7.14. The van der Waals surface area contributed by atoms with E-state index in [1.54, 1.807) is 6.92 Å². The van der Waals surface area contributed by atoms with E-state index in [0.29, 0.717) is 11.7 Å². The minimum atomic E-state index is -0.213. The summed E-state index contributed by atoms with van der Waals surface area (Å²) in [6, 6.07) is 6.07. The number of carbonyl (C=O) groups excluding carboxylic acids is 1. The highest BCUT2D eigenvalue weighted by atomic mass is 32.1. The minimum Gasteiger partial charge on any atom is -0.493 e. The van der Waals surface area contributed by atoms with Crippen LogP contribution >= 0.6 is 11.3 Å². The molecule has 5 nitrogen and oxygen atoms in total. The predicted molar refractivity (Wildman–Crippen MR) is 83.6 cm³/mol. The van der Waals surface area contributed by atoms with Gasteiger partial charge in [-0.1, -0.05) is 6.92 Å². The van der Waals surface area contributed by atoms with Gasteiger partial charge in [-0.3, -0.25) is 4.79 Å². The summed E-state index contributed by atoms with van der Waals surface area (Å²) in [7, 11) is 0. The van der Waals surface area contributed by atoms with Gasteiger partial charge in [0, 0.05) is 29.8 Å². The zero-order valence-corrected chi connectivity index (χ0v) is 12.6. The lowest BCUT2D eigenvalue weighted by atomic mass is 10.1. The van der Waals surface area contributed by atoms with E-state index in [0.717, 1.165) is 30.0 Å². The van der Waals surface area contributed by atoms with Crippen LogP contribution in [0.3, 0.4) is 0 Å². The van der Waals surface area contributed by atoms with Crippen molar-refractivity contribution in [3.8, 4) is 17.0 Å². The van der Waals surface area contributed by atoms with E-state index in [2.05, 4.69) is 16.4 Å². The normalized spacial score (nSPS) is 14.4. The van der Waals surface area contributed by atoms with E-state index in [1.165, 1.54) is 16.9 Å². The molecule has 0 saturated carbocycles. The third-order valence-electron chi connectivity index (χ3n) is 3.52. The number of hydrogen-bond donors (Lipinski definition) is 2. The van der Waals surface area contributed by atoms with Crippen LogP contribution in [0.15, 0.2) is 23.6 Å². The van der Waals surface area contributed by atoms with Crippen molar-refractivity contribution in [2.24, 2.45) is 11.7 Å². The number of carbonyl (C=O) groups is 1. The number of nitrogens with two attached hydrogens (primary N) is 1. The number of benzene rings is 1. The van der Waals surface area contributed by atoms with Gasteiger partial charge in [0.2, 0.25) is 5.91 Å². The Morgan fingerprint density at radius 1 is 1.57 bits per heavy atom. The van der Waals surface area contributed by atoms with Gasteiger partial charge in [0.25, 0.3) is 0 Å². The Labute approximate surface area is 127 Å². The fourth-order valence-corrected chi connectivity index (χ4v) is 2.87. The van der Waals surface area contributed by atoms with E-state index in [9.17, 15) is 4.79 Å². The fourth-order valence-electron chi connectivity index (χ4n) is 2.15. The van der Waals surface area contributed by atoms with Crippen LogP contribution in [0.1, 0.15) is 12.5 Å². The van der Waals surface area contributed by atoms with Gasteiger partial charge in [0.15, 0.2) is 5.13 Å². The van der Waals surface area contributed by atoms with Crippen LogP contribution in [-0.4, -0.2) is 24.0 Å². The number of thiazole rings is 1. The van der Waals surface area contributed by atoms with Crippen LogP contribution in [0, 0.1) is 5.92 Å². The summed E-state index contributed by atoms with van der Waals surface area (Å²) in [4.78, 5) is 16.3. The summed E-state index contributed by atoms with van der Waals surface area (Å²) < 4.78 is 5.50. The summed E-state index contributed by atoms with van der Waals surface area (Å²) in [6.07, 6.45) is 0.935. The smallest absolute Gasteiger partial charge is 0.230 e. The molecular formula is C15H17N3O2S.